The Kier molecular flexibility index (Phi) is 5.99. The monoisotopic (exact) mass is 464 g/mol. The maximum absolute atomic E-state index is 12.6. The van der Waals surface area contributed by atoms with Gasteiger partial charge in [0.15, 0.2) is 22.7 Å². The van der Waals surface area contributed by atoms with Crippen LogP contribution in [0.1, 0.15) is 33.6 Å². The standard InChI is InChI=1S/C24H24N4O6/c29-19(15-1-3-17-21(13-15)33-23(31)25-17)5-7-27-9-11-28(12-10-27)8-6-20(30)16-2-4-18-22(14-16)34-24(32)26-18/h1-4,13-14H,5-12H2,(H,25,31)(H,26,32). The maximum Gasteiger partial charge on any atom is 0.417 e. The third-order valence-corrected chi connectivity index (χ3v) is 6.26. The molecule has 10 nitrogen and oxygen atoms in total. The number of fused-ring (bicyclic) bond motifs is 2. The SMILES string of the molecule is O=C(CCN1CCN(CCC(=O)c2ccc3[nH]c(=O)oc3c2)CC1)c1ccc2[nH]c(=O)oc2c1. The molecule has 0 radical (unpaired) electrons. The number of carbonyl (C=O) groups excluding carboxylic acids is 2. The number of hydrogen-bond donors (Lipinski definition) is 2. The molecular weight excluding hydrogens is 440 g/mol. The first kappa shape index (κ1) is 22.1. The van der Waals surface area contributed by atoms with Crippen LogP contribution in [-0.2, 0) is 0 Å². The Morgan fingerprint density at radius 1 is 0.706 bits per heavy atom. The summed E-state index contributed by atoms with van der Waals surface area (Å²) in [7, 11) is 0. The summed E-state index contributed by atoms with van der Waals surface area (Å²) < 4.78 is 10.1. The number of oxazole rings is 2. The van der Waals surface area contributed by atoms with Gasteiger partial charge in [0.05, 0.1) is 11.0 Å². The number of H-pyrrole nitrogens is 2. The fourth-order valence-corrected chi connectivity index (χ4v) is 4.28. The van der Waals surface area contributed by atoms with Gasteiger partial charge in [0, 0.05) is 63.2 Å². The zero-order valence-corrected chi connectivity index (χ0v) is 18.5. The third kappa shape index (κ3) is 4.78. The molecule has 176 valence electrons. The van der Waals surface area contributed by atoms with Crippen molar-refractivity contribution >= 4 is 33.8 Å². The van der Waals surface area contributed by atoms with Gasteiger partial charge < -0.3 is 18.6 Å². The third-order valence-electron chi connectivity index (χ3n) is 6.26. The minimum Gasteiger partial charge on any atom is -0.408 e. The number of aromatic nitrogens is 2. The van der Waals surface area contributed by atoms with Crippen LogP contribution in [0.15, 0.2) is 54.8 Å². The van der Waals surface area contributed by atoms with Crippen LogP contribution in [0.3, 0.4) is 0 Å². The summed E-state index contributed by atoms with van der Waals surface area (Å²) in [6.45, 7) is 4.62. The number of rotatable bonds is 8. The molecule has 0 atom stereocenters. The molecule has 0 bridgehead atoms. The van der Waals surface area contributed by atoms with Gasteiger partial charge in [-0.25, -0.2) is 9.59 Å². The number of hydrogen-bond acceptors (Lipinski definition) is 8. The zero-order chi connectivity index (χ0) is 23.7. The molecule has 1 aliphatic rings. The van der Waals surface area contributed by atoms with E-state index in [-0.39, 0.29) is 11.6 Å². The maximum atomic E-state index is 12.6. The van der Waals surface area contributed by atoms with Crippen LogP contribution in [0, 0.1) is 0 Å². The normalized spacial score (nSPS) is 15.3. The fraction of sp³-hybridized carbons (Fsp3) is 0.333. The van der Waals surface area contributed by atoms with E-state index in [9.17, 15) is 19.2 Å². The predicted octanol–water partition coefficient (Wildman–Crippen LogP) is 2.02. The van der Waals surface area contributed by atoms with Crippen molar-refractivity contribution < 1.29 is 18.4 Å². The van der Waals surface area contributed by atoms with Gasteiger partial charge in [0.2, 0.25) is 0 Å². The van der Waals surface area contributed by atoms with Crippen molar-refractivity contribution in [2.45, 2.75) is 12.8 Å². The summed E-state index contributed by atoms with van der Waals surface area (Å²) in [5.74, 6) is -1.05. The molecule has 0 aliphatic carbocycles. The summed E-state index contributed by atoms with van der Waals surface area (Å²) in [5, 5.41) is 0. The Morgan fingerprint density at radius 2 is 1.12 bits per heavy atom. The van der Waals surface area contributed by atoms with E-state index in [2.05, 4.69) is 19.8 Å². The first-order chi connectivity index (χ1) is 16.4. The molecule has 3 heterocycles. The Hall–Kier alpha value is -3.76. The van der Waals surface area contributed by atoms with Crippen molar-refractivity contribution in [2.75, 3.05) is 39.3 Å². The highest BCUT2D eigenvalue weighted by atomic mass is 16.4. The number of nitrogens with one attached hydrogen (secondary N) is 2. The molecular formula is C24H24N4O6. The Bertz CT molecular complexity index is 1360. The van der Waals surface area contributed by atoms with E-state index < -0.39 is 11.5 Å². The van der Waals surface area contributed by atoms with E-state index in [1.807, 2.05) is 0 Å². The molecule has 4 aromatic rings. The van der Waals surface area contributed by atoms with E-state index in [4.69, 9.17) is 8.83 Å². The number of benzene rings is 2. The van der Waals surface area contributed by atoms with Crippen molar-refractivity contribution in [1.82, 2.24) is 19.8 Å². The van der Waals surface area contributed by atoms with Gasteiger partial charge in [-0.15, -0.1) is 0 Å². The van der Waals surface area contributed by atoms with E-state index in [1.54, 1.807) is 36.4 Å². The average Bonchev–Trinajstić information content (AvgIpc) is 3.40. The fourth-order valence-electron chi connectivity index (χ4n) is 4.28. The highest BCUT2D eigenvalue weighted by Crippen LogP contribution is 2.16. The number of Topliss-reactive ketones (excluding diaryl/α,β-unsaturated/α-hetero) is 2. The lowest BCUT2D eigenvalue weighted by molar-refractivity contribution is 0.0885. The molecule has 1 aliphatic heterocycles. The van der Waals surface area contributed by atoms with Gasteiger partial charge in [0.1, 0.15) is 0 Å². The topological polar surface area (TPSA) is 133 Å². The number of piperazine rings is 1. The lowest BCUT2D eigenvalue weighted by Gasteiger charge is -2.34. The average molecular weight is 464 g/mol. The number of ketones is 2. The van der Waals surface area contributed by atoms with E-state index >= 15 is 0 Å². The second-order valence-electron chi connectivity index (χ2n) is 8.48. The summed E-state index contributed by atoms with van der Waals surface area (Å²) in [6, 6.07) is 9.97. The largest absolute Gasteiger partial charge is 0.417 e. The van der Waals surface area contributed by atoms with Crippen LogP contribution in [0.4, 0.5) is 0 Å². The summed E-state index contributed by atoms with van der Waals surface area (Å²) >= 11 is 0. The van der Waals surface area contributed by atoms with Crippen molar-refractivity contribution in [3.63, 3.8) is 0 Å². The molecule has 0 spiro atoms. The molecule has 34 heavy (non-hydrogen) atoms. The van der Waals surface area contributed by atoms with Crippen LogP contribution in [0.5, 0.6) is 0 Å². The lowest BCUT2D eigenvalue weighted by atomic mass is 10.1. The molecule has 5 rings (SSSR count). The first-order valence-corrected chi connectivity index (χ1v) is 11.2. The second-order valence-corrected chi connectivity index (χ2v) is 8.48. The molecule has 0 amide bonds. The smallest absolute Gasteiger partial charge is 0.408 e. The predicted molar refractivity (Wildman–Crippen MR) is 124 cm³/mol. The van der Waals surface area contributed by atoms with Crippen LogP contribution in [0.25, 0.3) is 22.2 Å². The van der Waals surface area contributed by atoms with E-state index in [0.717, 1.165) is 26.2 Å². The summed E-state index contributed by atoms with van der Waals surface area (Å²) in [5.41, 5.74) is 2.99. The van der Waals surface area contributed by atoms with E-state index in [0.29, 0.717) is 59.3 Å². The van der Waals surface area contributed by atoms with Crippen LogP contribution < -0.4 is 11.5 Å². The van der Waals surface area contributed by atoms with Gasteiger partial charge in [-0.3, -0.25) is 19.6 Å². The van der Waals surface area contributed by atoms with Gasteiger partial charge >= 0.3 is 11.5 Å². The number of aromatic amines is 2. The zero-order valence-electron chi connectivity index (χ0n) is 18.5. The molecule has 0 unspecified atom stereocenters. The van der Waals surface area contributed by atoms with Crippen molar-refractivity contribution in [2.24, 2.45) is 0 Å². The lowest BCUT2D eigenvalue weighted by Crippen LogP contribution is -2.47. The van der Waals surface area contributed by atoms with Crippen molar-refractivity contribution in [1.29, 1.82) is 0 Å². The Morgan fingerprint density at radius 3 is 1.53 bits per heavy atom. The van der Waals surface area contributed by atoms with Gasteiger partial charge in [-0.05, 0) is 36.4 Å². The molecule has 2 aromatic heterocycles. The summed E-state index contributed by atoms with van der Waals surface area (Å²) in [4.78, 5) is 57.3. The van der Waals surface area contributed by atoms with Gasteiger partial charge in [-0.2, -0.15) is 0 Å². The molecule has 10 heteroatoms. The number of nitrogens with zero attached hydrogens (tertiary/aromatic N) is 2. The molecule has 1 fully saturated rings. The minimum absolute atomic E-state index is 0.00833. The van der Waals surface area contributed by atoms with Crippen LogP contribution in [0.2, 0.25) is 0 Å². The first-order valence-electron chi connectivity index (χ1n) is 11.2. The highest BCUT2D eigenvalue weighted by Gasteiger charge is 2.19. The molecule has 0 saturated carbocycles. The van der Waals surface area contributed by atoms with Crippen molar-refractivity contribution in [3.05, 3.63) is 68.6 Å². The highest BCUT2D eigenvalue weighted by molar-refractivity contribution is 5.99. The van der Waals surface area contributed by atoms with Crippen LogP contribution >= 0.6 is 0 Å². The Labute approximate surface area is 193 Å². The quantitative estimate of drug-likeness (QED) is 0.379. The van der Waals surface area contributed by atoms with Crippen LogP contribution in [-0.4, -0.2) is 70.6 Å². The van der Waals surface area contributed by atoms with Crippen molar-refractivity contribution in [3.8, 4) is 0 Å². The van der Waals surface area contributed by atoms with Gasteiger partial charge in [-0.1, -0.05) is 0 Å². The molecule has 2 aromatic carbocycles. The minimum atomic E-state index is -0.533. The number of carbonyl (C=O) groups is 2. The Balaban J connectivity index is 1.07. The second kappa shape index (κ2) is 9.24. The van der Waals surface area contributed by atoms with Gasteiger partial charge in [0.25, 0.3) is 0 Å². The molecule has 1 saturated heterocycles. The summed E-state index contributed by atoms with van der Waals surface area (Å²) in [6.07, 6.45) is 0.771. The molecule has 2 N–H and O–H groups in total. The van der Waals surface area contributed by atoms with E-state index in [1.165, 1.54) is 0 Å².